The molecule has 1 unspecified atom stereocenters. The van der Waals surface area contributed by atoms with E-state index >= 15 is 0 Å². The number of β-amino-alcohol motifs (C(OH)–C–C–N with tert-alkyl or cyclic N) is 1. The molecule has 1 fully saturated rings. The number of nitrogens with one attached hydrogen (secondary N) is 1. The highest BCUT2D eigenvalue weighted by molar-refractivity contribution is 14.1. The maximum absolute atomic E-state index is 14.3. The number of anilines is 2. The molecular formula is C21H26FIN4O3. The predicted octanol–water partition coefficient (Wildman–Crippen LogP) is 3.14. The standard InChI is InChI=1S/C21H26FIN4O3/c1-12(20(2,3)4)21(30)10-27(11-21)19(29)18-16(9-17(28)26(5)25-18)24-15-7-6-13(23)8-14(15)22/h6-9,12,24,30H,10-11H2,1-5H3. The maximum atomic E-state index is 14.3. The summed E-state index contributed by atoms with van der Waals surface area (Å²) in [5, 5.41) is 17.8. The Bertz CT molecular complexity index is 1040. The van der Waals surface area contributed by atoms with Gasteiger partial charge in [0.05, 0.1) is 24.5 Å². The number of hydrogen-bond acceptors (Lipinski definition) is 5. The SMILES string of the molecule is CC(C(C)(C)C)C1(O)CN(C(=O)c2nn(C)c(=O)cc2Nc2ccc(I)cc2F)C1. The van der Waals surface area contributed by atoms with Gasteiger partial charge in [0.1, 0.15) is 11.4 Å². The first-order valence-electron chi connectivity index (χ1n) is 9.64. The number of nitrogens with zero attached hydrogens (tertiary/aromatic N) is 3. The van der Waals surface area contributed by atoms with Crippen LogP contribution in [0.1, 0.15) is 38.2 Å². The summed E-state index contributed by atoms with van der Waals surface area (Å²) in [4.78, 5) is 26.7. The van der Waals surface area contributed by atoms with E-state index in [1.807, 2.05) is 50.3 Å². The van der Waals surface area contributed by atoms with Crippen LogP contribution in [0.25, 0.3) is 0 Å². The molecule has 162 valence electrons. The zero-order chi connectivity index (χ0) is 22.4. The van der Waals surface area contributed by atoms with Crippen LogP contribution in [0.15, 0.2) is 29.1 Å². The van der Waals surface area contributed by atoms with Crippen molar-refractivity contribution < 1.29 is 14.3 Å². The lowest BCUT2D eigenvalue weighted by molar-refractivity contribution is -0.140. The van der Waals surface area contributed by atoms with Crippen LogP contribution in [0.2, 0.25) is 0 Å². The largest absolute Gasteiger partial charge is 0.386 e. The fraction of sp³-hybridized carbons (Fsp3) is 0.476. The lowest BCUT2D eigenvalue weighted by Crippen LogP contribution is -2.68. The third-order valence-corrected chi connectivity index (χ3v) is 6.49. The van der Waals surface area contributed by atoms with Crippen molar-refractivity contribution in [3.8, 4) is 0 Å². The Morgan fingerprint density at radius 3 is 2.50 bits per heavy atom. The van der Waals surface area contributed by atoms with Crippen molar-refractivity contribution in [2.24, 2.45) is 18.4 Å². The molecule has 1 aliphatic rings. The average Bonchev–Trinajstić information content (AvgIpc) is 2.62. The van der Waals surface area contributed by atoms with Gasteiger partial charge >= 0.3 is 0 Å². The summed E-state index contributed by atoms with van der Waals surface area (Å²) in [7, 11) is 1.45. The number of likely N-dealkylation sites (tertiary alicyclic amines) is 1. The minimum Gasteiger partial charge on any atom is -0.386 e. The van der Waals surface area contributed by atoms with Gasteiger partial charge in [-0.2, -0.15) is 5.10 Å². The Labute approximate surface area is 188 Å². The number of carbonyl (C=O) groups is 1. The van der Waals surface area contributed by atoms with E-state index in [2.05, 4.69) is 10.4 Å². The van der Waals surface area contributed by atoms with Crippen molar-refractivity contribution >= 4 is 39.9 Å². The highest BCUT2D eigenvalue weighted by Gasteiger charge is 2.51. The molecule has 0 bridgehead atoms. The van der Waals surface area contributed by atoms with Gasteiger partial charge in [0.15, 0.2) is 5.69 Å². The predicted molar refractivity (Wildman–Crippen MR) is 121 cm³/mol. The summed E-state index contributed by atoms with van der Waals surface area (Å²) in [6.07, 6.45) is 0. The molecule has 1 atom stereocenters. The smallest absolute Gasteiger partial charge is 0.276 e. The zero-order valence-electron chi connectivity index (χ0n) is 17.7. The lowest BCUT2D eigenvalue weighted by Gasteiger charge is -2.53. The summed E-state index contributed by atoms with van der Waals surface area (Å²) in [6.45, 7) is 8.46. The summed E-state index contributed by atoms with van der Waals surface area (Å²) >= 11 is 2.00. The molecule has 0 aliphatic carbocycles. The van der Waals surface area contributed by atoms with Gasteiger partial charge in [0.2, 0.25) is 0 Å². The van der Waals surface area contributed by atoms with Gasteiger partial charge in [-0.15, -0.1) is 0 Å². The quantitative estimate of drug-likeness (QED) is 0.596. The van der Waals surface area contributed by atoms with E-state index in [0.29, 0.717) is 0 Å². The van der Waals surface area contributed by atoms with Crippen molar-refractivity contribution in [2.45, 2.75) is 33.3 Å². The van der Waals surface area contributed by atoms with E-state index in [1.165, 1.54) is 30.1 Å². The number of amides is 1. The van der Waals surface area contributed by atoms with E-state index in [-0.39, 0.29) is 41.5 Å². The van der Waals surface area contributed by atoms with E-state index < -0.39 is 22.9 Å². The van der Waals surface area contributed by atoms with E-state index in [9.17, 15) is 19.1 Å². The van der Waals surface area contributed by atoms with Crippen LogP contribution in [0.5, 0.6) is 0 Å². The Balaban J connectivity index is 1.88. The van der Waals surface area contributed by atoms with Crippen LogP contribution in [-0.2, 0) is 7.05 Å². The molecule has 7 nitrogen and oxygen atoms in total. The van der Waals surface area contributed by atoms with Gasteiger partial charge in [-0.25, -0.2) is 9.07 Å². The molecular weight excluding hydrogens is 502 g/mol. The second-order valence-electron chi connectivity index (χ2n) is 8.97. The molecule has 1 saturated heterocycles. The van der Waals surface area contributed by atoms with Crippen LogP contribution in [-0.4, -0.2) is 44.4 Å². The molecule has 0 spiro atoms. The Kier molecular flexibility index (Phi) is 5.98. The molecule has 1 amide bonds. The second kappa shape index (κ2) is 7.92. The van der Waals surface area contributed by atoms with Gasteiger partial charge in [-0.3, -0.25) is 9.59 Å². The molecule has 2 N–H and O–H groups in total. The van der Waals surface area contributed by atoms with Gasteiger partial charge in [0.25, 0.3) is 11.5 Å². The van der Waals surface area contributed by atoms with Gasteiger partial charge < -0.3 is 15.3 Å². The number of benzene rings is 1. The van der Waals surface area contributed by atoms with Crippen LogP contribution >= 0.6 is 22.6 Å². The highest BCUT2D eigenvalue weighted by atomic mass is 127. The highest BCUT2D eigenvalue weighted by Crippen LogP contribution is 2.40. The number of aryl methyl sites for hydroxylation is 1. The molecule has 2 aromatic rings. The minimum absolute atomic E-state index is 0.000474. The van der Waals surface area contributed by atoms with Crippen molar-refractivity contribution in [1.29, 1.82) is 0 Å². The van der Waals surface area contributed by atoms with Crippen molar-refractivity contribution in [3.05, 3.63) is 49.7 Å². The minimum atomic E-state index is -0.982. The number of carbonyl (C=O) groups excluding carboxylic acids is 1. The van der Waals surface area contributed by atoms with Crippen LogP contribution in [0.4, 0.5) is 15.8 Å². The second-order valence-corrected chi connectivity index (χ2v) is 10.2. The first-order valence-corrected chi connectivity index (χ1v) is 10.7. The van der Waals surface area contributed by atoms with Crippen molar-refractivity contribution in [2.75, 3.05) is 18.4 Å². The molecule has 0 radical (unpaired) electrons. The molecule has 1 aliphatic heterocycles. The fourth-order valence-electron chi connectivity index (χ4n) is 3.52. The Morgan fingerprint density at radius 2 is 1.93 bits per heavy atom. The fourth-order valence-corrected chi connectivity index (χ4v) is 3.97. The topological polar surface area (TPSA) is 87.5 Å². The summed E-state index contributed by atoms with van der Waals surface area (Å²) in [6, 6.07) is 5.82. The molecule has 1 aromatic carbocycles. The van der Waals surface area contributed by atoms with Crippen molar-refractivity contribution in [3.63, 3.8) is 0 Å². The molecule has 2 heterocycles. The molecule has 1 aromatic heterocycles. The first kappa shape index (κ1) is 22.7. The average molecular weight is 528 g/mol. The van der Waals surface area contributed by atoms with E-state index in [4.69, 9.17) is 0 Å². The number of rotatable bonds is 4. The Hall–Kier alpha value is -2.01. The third kappa shape index (κ3) is 4.36. The Morgan fingerprint density at radius 1 is 1.30 bits per heavy atom. The number of aliphatic hydroxyl groups is 1. The molecule has 3 rings (SSSR count). The third-order valence-electron chi connectivity index (χ3n) is 5.82. The van der Waals surface area contributed by atoms with E-state index in [1.54, 1.807) is 6.07 Å². The normalized spacial score (nSPS) is 16.7. The van der Waals surface area contributed by atoms with Gasteiger partial charge in [0, 0.05) is 16.7 Å². The summed E-state index contributed by atoms with van der Waals surface area (Å²) in [5.41, 5.74) is -1.26. The number of hydrogen-bond donors (Lipinski definition) is 2. The summed E-state index contributed by atoms with van der Waals surface area (Å²) in [5.74, 6) is -0.955. The number of halogens is 2. The monoisotopic (exact) mass is 528 g/mol. The van der Waals surface area contributed by atoms with Crippen LogP contribution in [0, 0.1) is 20.7 Å². The zero-order valence-corrected chi connectivity index (χ0v) is 19.8. The first-order chi connectivity index (χ1) is 13.8. The molecule has 9 heteroatoms. The van der Waals surface area contributed by atoms with Crippen LogP contribution < -0.4 is 10.9 Å². The number of aromatic nitrogens is 2. The van der Waals surface area contributed by atoms with Gasteiger partial charge in [-0.1, -0.05) is 27.7 Å². The molecule has 30 heavy (non-hydrogen) atoms. The van der Waals surface area contributed by atoms with E-state index in [0.717, 1.165) is 8.25 Å². The maximum Gasteiger partial charge on any atom is 0.276 e. The van der Waals surface area contributed by atoms with Gasteiger partial charge in [-0.05, 0) is 52.1 Å². The lowest BCUT2D eigenvalue weighted by atomic mass is 9.68. The molecule has 0 saturated carbocycles. The summed E-state index contributed by atoms with van der Waals surface area (Å²) < 4.78 is 16.1. The van der Waals surface area contributed by atoms with Crippen molar-refractivity contribution in [1.82, 2.24) is 14.7 Å². The van der Waals surface area contributed by atoms with Crippen LogP contribution in [0.3, 0.4) is 0 Å².